The van der Waals surface area contributed by atoms with E-state index in [0.717, 1.165) is 0 Å². The summed E-state index contributed by atoms with van der Waals surface area (Å²) in [5.74, 6) is -0.533. The largest absolute Gasteiger partial charge is 0.321 e. The highest BCUT2D eigenvalue weighted by Crippen LogP contribution is 2.31. The summed E-state index contributed by atoms with van der Waals surface area (Å²) in [5, 5.41) is 17.0. The first-order chi connectivity index (χ1) is 14.2. The summed E-state index contributed by atoms with van der Waals surface area (Å²) < 4.78 is 0. The fraction of sp³-hybridized carbons (Fsp3) is 0. The summed E-state index contributed by atoms with van der Waals surface area (Å²) in [6, 6.07) is 21.5. The number of benzene rings is 2. The second kappa shape index (κ2) is 7.92. The SMILES string of the molecule is N#C/C(C(=O)Nc1ccccc1)=C1/N=C(NC(=O)c2cccs2)c2ccccc21. The molecule has 0 fully saturated rings. The van der Waals surface area contributed by atoms with Gasteiger partial charge in [-0.3, -0.25) is 9.59 Å². The molecular formula is C22H14N4O2S. The average Bonchev–Trinajstić information content (AvgIpc) is 3.39. The highest BCUT2D eigenvalue weighted by Gasteiger charge is 2.27. The Hall–Kier alpha value is -4.02. The number of thiophene rings is 1. The third-order valence-corrected chi connectivity index (χ3v) is 5.11. The van der Waals surface area contributed by atoms with E-state index in [4.69, 9.17) is 0 Å². The van der Waals surface area contributed by atoms with Crippen molar-refractivity contribution in [2.24, 2.45) is 4.99 Å². The van der Waals surface area contributed by atoms with E-state index >= 15 is 0 Å². The lowest BCUT2D eigenvalue weighted by molar-refractivity contribution is -0.112. The van der Waals surface area contributed by atoms with Gasteiger partial charge in [-0.05, 0) is 23.6 Å². The Kier molecular flexibility index (Phi) is 5.01. The van der Waals surface area contributed by atoms with Crippen molar-refractivity contribution in [3.63, 3.8) is 0 Å². The van der Waals surface area contributed by atoms with Crippen molar-refractivity contribution in [1.82, 2.24) is 5.32 Å². The first kappa shape index (κ1) is 18.3. The summed E-state index contributed by atoms with van der Waals surface area (Å²) in [7, 11) is 0. The van der Waals surface area contributed by atoms with Gasteiger partial charge in [0.2, 0.25) is 0 Å². The predicted octanol–water partition coefficient (Wildman–Crippen LogP) is 3.81. The maximum absolute atomic E-state index is 12.7. The van der Waals surface area contributed by atoms with Gasteiger partial charge in [0.25, 0.3) is 11.8 Å². The van der Waals surface area contributed by atoms with Crippen molar-refractivity contribution in [2.75, 3.05) is 5.32 Å². The first-order valence-electron chi connectivity index (χ1n) is 8.71. The quantitative estimate of drug-likeness (QED) is 0.519. The summed E-state index contributed by atoms with van der Waals surface area (Å²) in [5.41, 5.74) is 1.97. The number of nitrogens with one attached hydrogen (secondary N) is 2. The fourth-order valence-electron chi connectivity index (χ4n) is 2.92. The van der Waals surface area contributed by atoms with Gasteiger partial charge >= 0.3 is 0 Å². The number of fused-ring (bicyclic) bond motifs is 1. The Labute approximate surface area is 170 Å². The van der Waals surface area contributed by atoms with Crippen LogP contribution >= 0.6 is 11.3 Å². The number of anilines is 1. The number of nitrogens with zero attached hydrogens (tertiary/aromatic N) is 2. The van der Waals surface area contributed by atoms with Gasteiger partial charge in [0.15, 0.2) is 0 Å². The normalized spacial score (nSPS) is 13.7. The van der Waals surface area contributed by atoms with Gasteiger partial charge in [-0.25, -0.2) is 4.99 Å². The molecule has 4 rings (SSSR count). The molecule has 0 spiro atoms. The standard InChI is InChI=1S/C22H14N4O2S/c23-13-17(21(27)24-14-7-2-1-3-8-14)19-15-9-4-5-10-16(15)20(25-19)26-22(28)18-11-6-12-29-18/h1-12H,(H,24,27)(H,25,26,28)/b19-17-. The minimum absolute atomic E-state index is 0.123. The Balaban J connectivity index is 1.71. The van der Waals surface area contributed by atoms with Gasteiger partial charge in [0, 0.05) is 16.8 Å². The van der Waals surface area contributed by atoms with Crippen LogP contribution in [0.5, 0.6) is 0 Å². The smallest absolute Gasteiger partial charge is 0.268 e. The third-order valence-electron chi connectivity index (χ3n) is 4.25. The number of carbonyl (C=O) groups excluding carboxylic acids is 2. The monoisotopic (exact) mass is 398 g/mol. The van der Waals surface area contributed by atoms with Crippen molar-refractivity contribution < 1.29 is 9.59 Å². The van der Waals surface area contributed by atoms with Crippen LogP contribution in [0.1, 0.15) is 20.8 Å². The Morgan fingerprint density at radius 2 is 1.62 bits per heavy atom. The van der Waals surface area contributed by atoms with Crippen molar-refractivity contribution in [2.45, 2.75) is 0 Å². The molecule has 1 aliphatic rings. The molecule has 6 nitrogen and oxygen atoms in total. The number of amides is 2. The lowest BCUT2D eigenvalue weighted by Gasteiger charge is -2.06. The van der Waals surface area contributed by atoms with Crippen LogP contribution in [0.15, 0.2) is 82.7 Å². The summed E-state index contributed by atoms with van der Waals surface area (Å²) in [6.45, 7) is 0. The topological polar surface area (TPSA) is 94.3 Å². The van der Waals surface area contributed by atoms with Crippen molar-refractivity contribution >= 4 is 40.4 Å². The van der Waals surface area contributed by atoms with Crippen LogP contribution < -0.4 is 10.6 Å². The highest BCUT2D eigenvalue weighted by molar-refractivity contribution is 7.12. The van der Waals surface area contributed by atoms with Crippen LogP contribution in [0.3, 0.4) is 0 Å². The molecule has 0 bridgehead atoms. The highest BCUT2D eigenvalue weighted by atomic mass is 32.1. The molecule has 1 aliphatic heterocycles. The van der Waals surface area contributed by atoms with E-state index in [1.807, 2.05) is 23.6 Å². The van der Waals surface area contributed by atoms with E-state index in [2.05, 4.69) is 15.6 Å². The zero-order valence-electron chi connectivity index (χ0n) is 15.0. The minimum Gasteiger partial charge on any atom is -0.321 e. The third kappa shape index (κ3) is 3.70. The number of aliphatic imine (C=N–C) groups is 1. The zero-order chi connectivity index (χ0) is 20.2. The predicted molar refractivity (Wildman–Crippen MR) is 112 cm³/mol. The number of rotatable bonds is 3. The molecule has 3 aromatic rings. The number of nitriles is 1. The molecule has 140 valence electrons. The lowest BCUT2D eigenvalue weighted by Crippen LogP contribution is -2.29. The lowest BCUT2D eigenvalue weighted by atomic mass is 10.0. The molecule has 0 saturated carbocycles. The second-order valence-corrected chi connectivity index (χ2v) is 7.04. The van der Waals surface area contributed by atoms with Crippen LogP contribution in [0.4, 0.5) is 5.69 Å². The molecule has 0 unspecified atom stereocenters. The molecule has 0 saturated heterocycles. The molecule has 0 radical (unpaired) electrons. The Bertz CT molecular complexity index is 1190. The molecule has 1 aromatic heterocycles. The van der Waals surface area contributed by atoms with E-state index in [-0.39, 0.29) is 17.2 Å². The molecule has 2 amide bonds. The average molecular weight is 398 g/mol. The number of amidine groups is 1. The van der Waals surface area contributed by atoms with Crippen molar-refractivity contribution in [3.8, 4) is 6.07 Å². The second-order valence-electron chi connectivity index (χ2n) is 6.09. The summed E-state index contributed by atoms with van der Waals surface area (Å²) in [6.07, 6.45) is 0. The molecule has 0 atom stereocenters. The van der Waals surface area contributed by atoms with Gasteiger partial charge in [-0.15, -0.1) is 11.3 Å². The molecule has 2 aromatic carbocycles. The van der Waals surface area contributed by atoms with Crippen molar-refractivity contribution in [1.29, 1.82) is 5.26 Å². The van der Waals surface area contributed by atoms with Crippen molar-refractivity contribution in [3.05, 3.63) is 93.7 Å². The summed E-state index contributed by atoms with van der Waals surface area (Å²) in [4.78, 5) is 30.1. The first-order valence-corrected chi connectivity index (χ1v) is 9.59. The van der Waals surface area contributed by atoms with Gasteiger partial charge in [-0.1, -0.05) is 48.5 Å². The minimum atomic E-state index is -0.557. The zero-order valence-corrected chi connectivity index (χ0v) is 15.9. The van der Waals surface area contributed by atoms with Crippen LogP contribution in [-0.2, 0) is 4.79 Å². The molecule has 2 heterocycles. The molecule has 7 heteroatoms. The van der Waals surface area contributed by atoms with Crippen LogP contribution in [0.25, 0.3) is 5.70 Å². The van der Waals surface area contributed by atoms with Crippen LogP contribution in [0, 0.1) is 11.3 Å². The summed E-state index contributed by atoms with van der Waals surface area (Å²) >= 11 is 1.32. The Morgan fingerprint density at radius 3 is 2.31 bits per heavy atom. The van der Waals surface area contributed by atoms with E-state index in [1.54, 1.807) is 54.6 Å². The molecule has 29 heavy (non-hydrogen) atoms. The van der Waals surface area contributed by atoms with Gasteiger partial charge in [0.05, 0.1) is 10.6 Å². The molecule has 0 aliphatic carbocycles. The Morgan fingerprint density at radius 1 is 0.897 bits per heavy atom. The van der Waals surface area contributed by atoms with Gasteiger partial charge in [0.1, 0.15) is 17.5 Å². The number of carbonyl (C=O) groups is 2. The van der Waals surface area contributed by atoms with Crippen LogP contribution in [-0.4, -0.2) is 17.6 Å². The maximum atomic E-state index is 12.7. The fourth-order valence-corrected chi connectivity index (χ4v) is 3.54. The number of para-hydroxylation sites is 1. The van der Waals surface area contributed by atoms with Gasteiger partial charge < -0.3 is 10.6 Å². The van der Waals surface area contributed by atoms with E-state index in [0.29, 0.717) is 27.5 Å². The van der Waals surface area contributed by atoms with Crippen LogP contribution in [0.2, 0.25) is 0 Å². The van der Waals surface area contributed by atoms with E-state index < -0.39 is 5.91 Å². The molecular weight excluding hydrogens is 384 g/mol. The van der Waals surface area contributed by atoms with Gasteiger partial charge in [-0.2, -0.15) is 5.26 Å². The van der Waals surface area contributed by atoms with E-state index in [9.17, 15) is 14.9 Å². The number of hydrogen-bond donors (Lipinski definition) is 2. The maximum Gasteiger partial charge on any atom is 0.268 e. The van der Waals surface area contributed by atoms with E-state index in [1.165, 1.54) is 11.3 Å². The molecule has 2 N–H and O–H groups in total. The number of hydrogen-bond acceptors (Lipinski definition) is 5.